The Kier molecular flexibility index (Phi) is 3.20. The quantitative estimate of drug-likeness (QED) is 0.853. The zero-order valence-corrected chi connectivity index (χ0v) is 10.8. The summed E-state index contributed by atoms with van der Waals surface area (Å²) in [7, 11) is 0. The summed E-state index contributed by atoms with van der Waals surface area (Å²) < 4.78 is 0. The van der Waals surface area contributed by atoms with Crippen molar-refractivity contribution >= 4 is 5.82 Å². The van der Waals surface area contributed by atoms with Gasteiger partial charge in [-0.3, -0.25) is 0 Å². The molecule has 0 amide bonds. The van der Waals surface area contributed by atoms with Crippen LogP contribution in [0.3, 0.4) is 0 Å². The van der Waals surface area contributed by atoms with Gasteiger partial charge in [0.05, 0.1) is 6.61 Å². The van der Waals surface area contributed by atoms with Gasteiger partial charge in [0.25, 0.3) is 0 Å². The molecule has 0 spiro atoms. The first kappa shape index (κ1) is 11.9. The molecule has 2 N–H and O–H groups in total. The summed E-state index contributed by atoms with van der Waals surface area (Å²) in [5.74, 6) is 0.997. The Balaban J connectivity index is 1.72. The number of fused-ring (bicyclic) bond motifs is 1. The molecule has 1 saturated carbocycles. The third-order valence-corrected chi connectivity index (χ3v) is 4.51. The number of hydrogen-bond donors (Lipinski definition) is 2. The van der Waals surface area contributed by atoms with Crippen LogP contribution in [0, 0.1) is 5.41 Å². The van der Waals surface area contributed by atoms with Gasteiger partial charge >= 0.3 is 0 Å². The number of nitrogens with one attached hydrogen (secondary N) is 1. The van der Waals surface area contributed by atoms with Crippen LogP contribution in [-0.2, 0) is 12.8 Å². The van der Waals surface area contributed by atoms with E-state index in [-0.39, 0.29) is 12.0 Å². The van der Waals surface area contributed by atoms with E-state index in [1.807, 2.05) is 0 Å². The van der Waals surface area contributed by atoms with Gasteiger partial charge in [-0.1, -0.05) is 12.8 Å². The van der Waals surface area contributed by atoms with Crippen molar-refractivity contribution in [2.24, 2.45) is 5.41 Å². The standard InChI is InChI=1S/C14H21N3O/c18-9-14(6-1-2-7-14)8-15-13-11-4-3-5-12(11)16-10-17-13/h10,18H,1-9H2,(H,15,16,17). The van der Waals surface area contributed by atoms with Crippen molar-refractivity contribution in [3.8, 4) is 0 Å². The molecule has 0 aliphatic heterocycles. The molecule has 2 aliphatic rings. The van der Waals surface area contributed by atoms with Gasteiger partial charge in [0.15, 0.2) is 0 Å². The van der Waals surface area contributed by atoms with Crippen molar-refractivity contribution in [2.45, 2.75) is 44.9 Å². The molecule has 1 aromatic heterocycles. The predicted octanol–water partition coefficient (Wildman–Crippen LogP) is 1.93. The van der Waals surface area contributed by atoms with Gasteiger partial charge in [-0.2, -0.15) is 0 Å². The van der Waals surface area contributed by atoms with Crippen molar-refractivity contribution < 1.29 is 5.11 Å². The van der Waals surface area contributed by atoms with Crippen LogP contribution in [0.4, 0.5) is 5.82 Å². The van der Waals surface area contributed by atoms with Crippen LogP contribution in [-0.4, -0.2) is 28.2 Å². The molecule has 1 aromatic rings. The fourth-order valence-electron chi connectivity index (χ4n) is 3.30. The minimum absolute atomic E-state index is 0.0798. The van der Waals surface area contributed by atoms with Crippen LogP contribution in [0.5, 0.6) is 0 Å². The summed E-state index contributed by atoms with van der Waals surface area (Å²) >= 11 is 0. The van der Waals surface area contributed by atoms with Crippen LogP contribution in [0.25, 0.3) is 0 Å². The number of anilines is 1. The number of rotatable bonds is 4. The van der Waals surface area contributed by atoms with Gasteiger partial charge in [0.2, 0.25) is 0 Å². The molecule has 0 radical (unpaired) electrons. The lowest BCUT2D eigenvalue weighted by molar-refractivity contribution is 0.142. The molecule has 18 heavy (non-hydrogen) atoms. The number of aryl methyl sites for hydroxylation is 1. The highest BCUT2D eigenvalue weighted by Crippen LogP contribution is 2.38. The summed E-state index contributed by atoms with van der Waals surface area (Å²) in [5, 5.41) is 13.1. The van der Waals surface area contributed by atoms with Crippen LogP contribution < -0.4 is 5.32 Å². The first-order chi connectivity index (χ1) is 8.83. The first-order valence-electron chi connectivity index (χ1n) is 7.00. The summed E-state index contributed by atoms with van der Waals surface area (Å²) in [6, 6.07) is 0. The van der Waals surface area contributed by atoms with Gasteiger partial charge in [-0.25, -0.2) is 9.97 Å². The Hall–Kier alpha value is -1.16. The van der Waals surface area contributed by atoms with E-state index in [1.54, 1.807) is 6.33 Å². The lowest BCUT2D eigenvalue weighted by Crippen LogP contribution is -2.31. The SMILES string of the molecule is OCC1(CNc2ncnc3c2CCC3)CCCC1. The van der Waals surface area contributed by atoms with Crippen LogP contribution in [0.15, 0.2) is 6.33 Å². The van der Waals surface area contributed by atoms with Gasteiger partial charge in [0, 0.05) is 23.2 Å². The van der Waals surface area contributed by atoms with Crippen LogP contribution in [0.1, 0.15) is 43.4 Å². The fourth-order valence-corrected chi connectivity index (χ4v) is 3.30. The first-order valence-corrected chi connectivity index (χ1v) is 7.00. The maximum atomic E-state index is 9.62. The second-order valence-electron chi connectivity index (χ2n) is 5.72. The number of aromatic nitrogens is 2. The Labute approximate surface area is 108 Å². The van der Waals surface area contributed by atoms with E-state index in [2.05, 4.69) is 15.3 Å². The maximum absolute atomic E-state index is 9.62. The molecular formula is C14H21N3O. The normalized spacial score (nSPS) is 20.9. The molecular weight excluding hydrogens is 226 g/mol. The van der Waals surface area contributed by atoms with E-state index in [1.165, 1.54) is 30.5 Å². The molecule has 2 aliphatic carbocycles. The molecule has 0 atom stereocenters. The zero-order chi connectivity index (χ0) is 12.4. The second-order valence-corrected chi connectivity index (χ2v) is 5.72. The van der Waals surface area contributed by atoms with Crippen molar-refractivity contribution in [2.75, 3.05) is 18.5 Å². The third-order valence-electron chi connectivity index (χ3n) is 4.51. The summed E-state index contributed by atoms with van der Waals surface area (Å²) in [6.45, 7) is 1.13. The minimum atomic E-state index is 0.0798. The van der Waals surface area contributed by atoms with E-state index in [0.717, 1.165) is 38.0 Å². The average molecular weight is 247 g/mol. The molecule has 0 saturated heterocycles. The maximum Gasteiger partial charge on any atom is 0.132 e. The third kappa shape index (κ3) is 2.09. The highest BCUT2D eigenvalue weighted by atomic mass is 16.3. The molecule has 3 rings (SSSR count). The summed E-state index contributed by atoms with van der Waals surface area (Å²) in [6.07, 6.45) is 9.75. The zero-order valence-electron chi connectivity index (χ0n) is 10.8. The Morgan fingerprint density at radius 1 is 1.17 bits per heavy atom. The minimum Gasteiger partial charge on any atom is -0.396 e. The molecule has 1 fully saturated rings. The van der Waals surface area contributed by atoms with Crippen molar-refractivity contribution in [3.05, 3.63) is 17.6 Å². The lowest BCUT2D eigenvalue weighted by Gasteiger charge is -2.27. The average Bonchev–Trinajstić information content (AvgIpc) is 3.06. The molecule has 1 heterocycles. The fraction of sp³-hybridized carbons (Fsp3) is 0.714. The number of hydrogen-bond acceptors (Lipinski definition) is 4. The van der Waals surface area contributed by atoms with E-state index >= 15 is 0 Å². The van der Waals surface area contributed by atoms with E-state index < -0.39 is 0 Å². The summed E-state index contributed by atoms with van der Waals surface area (Å²) in [4.78, 5) is 8.71. The van der Waals surface area contributed by atoms with Crippen LogP contribution >= 0.6 is 0 Å². The Morgan fingerprint density at radius 3 is 2.78 bits per heavy atom. The van der Waals surface area contributed by atoms with Crippen LogP contribution in [0.2, 0.25) is 0 Å². The van der Waals surface area contributed by atoms with E-state index in [9.17, 15) is 5.11 Å². The molecule has 0 bridgehead atoms. The smallest absolute Gasteiger partial charge is 0.132 e. The topological polar surface area (TPSA) is 58.0 Å². The van der Waals surface area contributed by atoms with Gasteiger partial charge in [-0.15, -0.1) is 0 Å². The molecule has 4 heteroatoms. The number of aliphatic hydroxyl groups excluding tert-OH is 1. The van der Waals surface area contributed by atoms with Crippen molar-refractivity contribution in [1.29, 1.82) is 0 Å². The Morgan fingerprint density at radius 2 is 2.00 bits per heavy atom. The Bertz CT molecular complexity index is 427. The monoisotopic (exact) mass is 247 g/mol. The molecule has 4 nitrogen and oxygen atoms in total. The van der Waals surface area contributed by atoms with Gasteiger partial charge in [0.1, 0.15) is 12.1 Å². The molecule has 0 unspecified atom stereocenters. The predicted molar refractivity (Wildman–Crippen MR) is 70.5 cm³/mol. The summed E-state index contributed by atoms with van der Waals surface area (Å²) in [5.41, 5.74) is 2.58. The molecule has 98 valence electrons. The lowest BCUT2D eigenvalue weighted by atomic mass is 9.87. The second kappa shape index (κ2) is 4.84. The van der Waals surface area contributed by atoms with E-state index in [0.29, 0.717) is 0 Å². The number of nitrogens with zero attached hydrogens (tertiary/aromatic N) is 2. The van der Waals surface area contributed by atoms with E-state index in [4.69, 9.17) is 0 Å². The molecule has 0 aromatic carbocycles. The van der Waals surface area contributed by atoms with Gasteiger partial charge < -0.3 is 10.4 Å². The number of aliphatic hydroxyl groups is 1. The van der Waals surface area contributed by atoms with Crippen molar-refractivity contribution in [3.63, 3.8) is 0 Å². The largest absolute Gasteiger partial charge is 0.396 e. The van der Waals surface area contributed by atoms with Crippen molar-refractivity contribution in [1.82, 2.24) is 9.97 Å². The highest BCUT2D eigenvalue weighted by molar-refractivity contribution is 5.48. The van der Waals surface area contributed by atoms with Gasteiger partial charge in [-0.05, 0) is 32.1 Å². The highest BCUT2D eigenvalue weighted by Gasteiger charge is 2.33.